The normalized spacial score (nSPS) is 10.2. The third-order valence-corrected chi connectivity index (χ3v) is 2.76. The first-order chi connectivity index (χ1) is 8.67. The second-order valence-corrected chi connectivity index (χ2v) is 4.23. The average molecular weight is 252 g/mol. The number of rotatable bonds is 6. The van der Waals surface area contributed by atoms with E-state index in [-0.39, 0.29) is 11.8 Å². The summed E-state index contributed by atoms with van der Waals surface area (Å²) in [4.78, 5) is 13.6. The number of nitrogens with zero attached hydrogens (tertiary/aromatic N) is 1. The van der Waals surface area contributed by atoms with Crippen LogP contribution in [0.15, 0.2) is 24.3 Å². The quantitative estimate of drug-likeness (QED) is 0.775. The van der Waals surface area contributed by atoms with Crippen LogP contribution < -0.4 is 5.32 Å². The van der Waals surface area contributed by atoms with Gasteiger partial charge in [-0.2, -0.15) is 0 Å². The van der Waals surface area contributed by atoms with Crippen molar-refractivity contribution >= 4 is 6.03 Å². The summed E-state index contributed by atoms with van der Waals surface area (Å²) in [6.45, 7) is 5.87. The molecule has 4 heteroatoms. The van der Waals surface area contributed by atoms with Crippen molar-refractivity contribution in [2.24, 2.45) is 0 Å². The van der Waals surface area contributed by atoms with Crippen molar-refractivity contribution in [3.8, 4) is 0 Å². The Bertz CT molecular complexity index is 365. The van der Waals surface area contributed by atoms with Gasteiger partial charge in [-0.1, -0.05) is 25.5 Å². The SMILES string of the molecule is CCCCNC(=O)N(CC)Cc1ccc(F)cc1. The van der Waals surface area contributed by atoms with Crippen LogP contribution >= 0.6 is 0 Å². The zero-order valence-corrected chi connectivity index (χ0v) is 11.1. The molecule has 1 rings (SSSR count). The number of amides is 2. The van der Waals surface area contributed by atoms with Crippen LogP contribution in [0.3, 0.4) is 0 Å². The molecule has 0 radical (unpaired) electrons. The van der Waals surface area contributed by atoms with E-state index in [1.54, 1.807) is 17.0 Å². The first-order valence-electron chi connectivity index (χ1n) is 6.44. The topological polar surface area (TPSA) is 32.3 Å². The first kappa shape index (κ1) is 14.5. The minimum absolute atomic E-state index is 0.0599. The van der Waals surface area contributed by atoms with Gasteiger partial charge >= 0.3 is 6.03 Å². The lowest BCUT2D eigenvalue weighted by Gasteiger charge is -2.21. The van der Waals surface area contributed by atoms with E-state index >= 15 is 0 Å². The third kappa shape index (κ3) is 4.73. The Morgan fingerprint density at radius 1 is 1.28 bits per heavy atom. The molecule has 1 aromatic rings. The van der Waals surface area contributed by atoms with Crippen LogP contribution in [0.4, 0.5) is 9.18 Å². The van der Waals surface area contributed by atoms with E-state index in [0.717, 1.165) is 18.4 Å². The fraction of sp³-hybridized carbons (Fsp3) is 0.500. The highest BCUT2D eigenvalue weighted by atomic mass is 19.1. The number of nitrogens with one attached hydrogen (secondary N) is 1. The summed E-state index contributed by atoms with van der Waals surface area (Å²) >= 11 is 0. The Morgan fingerprint density at radius 2 is 1.94 bits per heavy atom. The molecular weight excluding hydrogens is 231 g/mol. The molecule has 0 aromatic heterocycles. The summed E-state index contributed by atoms with van der Waals surface area (Å²) in [7, 11) is 0. The monoisotopic (exact) mass is 252 g/mol. The van der Waals surface area contributed by atoms with Gasteiger partial charge in [-0.15, -0.1) is 0 Å². The van der Waals surface area contributed by atoms with Gasteiger partial charge in [-0.05, 0) is 31.0 Å². The zero-order chi connectivity index (χ0) is 13.4. The fourth-order valence-electron chi connectivity index (χ4n) is 1.62. The lowest BCUT2D eigenvalue weighted by molar-refractivity contribution is 0.198. The molecular formula is C14H21FN2O. The minimum atomic E-state index is -0.255. The maximum Gasteiger partial charge on any atom is 0.317 e. The van der Waals surface area contributed by atoms with E-state index in [4.69, 9.17) is 0 Å². The van der Waals surface area contributed by atoms with Gasteiger partial charge < -0.3 is 10.2 Å². The van der Waals surface area contributed by atoms with Gasteiger partial charge in [-0.3, -0.25) is 0 Å². The molecule has 100 valence electrons. The predicted molar refractivity (Wildman–Crippen MR) is 70.8 cm³/mol. The molecule has 0 atom stereocenters. The van der Waals surface area contributed by atoms with Crippen molar-refractivity contribution in [1.82, 2.24) is 10.2 Å². The van der Waals surface area contributed by atoms with E-state index in [2.05, 4.69) is 12.2 Å². The molecule has 0 heterocycles. The van der Waals surface area contributed by atoms with Crippen molar-refractivity contribution in [2.45, 2.75) is 33.2 Å². The van der Waals surface area contributed by atoms with Crippen LogP contribution in [0.25, 0.3) is 0 Å². The Balaban J connectivity index is 2.50. The summed E-state index contributed by atoms with van der Waals surface area (Å²) in [5.41, 5.74) is 0.934. The number of hydrogen-bond donors (Lipinski definition) is 1. The fourth-order valence-corrected chi connectivity index (χ4v) is 1.62. The molecule has 1 N–H and O–H groups in total. The number of hydrogen-bond acceptors (Lipinski definition) is 1. The Kier molecular flexibility index (Phi) is 6.19. The average Bonchev–Trinajstić information content (AvgIpc) is 2.38. The van der Waals surface area contributed by atoms with E-state index in [1.807, 2.05) is 6.92 Å². The summed E-state index contributed by atoms with van der Waals surface area (Å²) in [6, 6.07) is 6.18. The molecule has 0 unspecified atom stereocenters. The van der Waals surface area contributed by atoms with Gasteiger partial charge in [0.25, 0.3) is 0 Å². The van der Waals surface area contributed by atoms with Crippen LogP contribution in [0, 0.1) is 5.82 Å². The molecule has 1 aromatic carbocycles. The molecule has 0 saturated heterocycles. The number of carbonyl (C=O) groups is 1. The molecule has 0 bridgehead atoms. The van der Waals surface area contributed by atoms with Crippen molar-refractivity contribution in [3.05, 3.63) is 35.6 Å². The number of unbranched alkanes of at least 4 members (excludes halogenated alkanes) is 1. The van der Waals surface area contributed by atoms with Gasteiger partial charge in [0.05, 0.1) is 0 Å². The van der Waals surface area contributed by atoms with Gasteiger partial charge in [0, 0.05) is 19.6 Å². The summed E-state index contributed by atoms with van der Waals surface area (Å²) in [5.74, 6) is -0.255. The standard InChI is InChI=1S/C14H21FN2O/c1-3-5-10-16-14(18)17(4-2)11-12-6-8-13(15)9-7-12/h6-9H,3-5,10-11H2,1-2H3,(H,16,18). The van der Waals surface area contributed by atoms with Crippen LogP contribution in [0.5, 0.6) is 0 Å². The van der Waals surface area contributed by atoms with Crippen molar-refractivity contribution < 1.29 is 9.18 Å². The van der Waals surface area contributed by atoms with Gasteiger partial charge in [0.15, 0.2) is 0 Å². The Hall–Kier alpha value is -1.58. The smallest absolute Gasteiger partial charge is 0.317 e. The van der Waals surface area contributed by atoms with E-state index in [9.17, 15) is 9.18 Å². The maximum atomic E-state index is 12.8. The molecule has 0 saturated carbocycles. The summed E-state index contributed by atoms with van der Waals surface area (Å²) < 4.78 is 12.8. The maximum absolute atomic E-state index is 12.8. The Labute approximate surface area is 108 Å². The minimum Gasteiger partial charge on any atom is -0.338 e. The number of halogens is 1. The molecule has 0 spiro atoms. The van der Waals surface area contributed by atoms with Gasteiger partial charge in [0.1, 0.15) is 5.82 Å². The molecule has 2 amide bonds. The van der Waals surface area contributed by atoms with Gasteiger partial charge in [-0.25, -0.2) is 9.18 Å². The van der Waals surface area contributed by atoms with Crippen molar-refractivity contribution in [1.29, 1.82) is 0 Å². The first-order valence-corrected chi connectivity index (χ1v) is 6.44. The lowest BCUT2D eigenvalue weighted by atomic mass is 10.2. The van der Waals surface area contributed by atoms with E-state index in [1.165, 1.54) is 12.1 Å². The second kappa shape index (κ2) is 7.69. The van der Waals surface area contributed by atoms with E-state index < -0.39 is 0 Å². The van der Waals surface area contributed by atoms with Crippen LogP contribution in [0.2, 0.25) is 0 Å². The van der Waals surface area contributed by atoms with Crippen LogP contribution in [-0.4, -0.2) is 24.0 Å². The van der Waals surface area contributed by atoms with Crippen LogP contribution in [-0.2, 0) is 6.54 Å². The lowest BCUT2D eigenvalue weighted by Crippen LogP contribution is -2.39. The number of carbonyl (C=O) groups excluding carboxylic acids is 1. The van der Waals surface area contributed by atoms with Crippen molar-refractivity contribution in [2.75, 3.05) is 13.1 Å². The molecule has 0 aliphatic carbocycles. The highest BCUT2D eigenvalue weighted by Crippen LogP contribution is 2.06. The van der Waals surface area contributed by atoms with Gasteiger partial charge in [0.2, 0.25) is 0 Å². The second-order valence-electron chi connectivity index (χ2n) is 4.23. The Morgan fingerprint density at radius 3 is 2.50 bits per heavy atom. The zero-order valence-electron chi connectivity index (χ0n) is 11.1. The predicted octanol–water partition coefficient (Wildman–Crippen LogP) is 3.16. The van der Waals surface area contributed by atoms with Crippen LogP contribution in [0.1, 0.15) is 32.3 Å². The number of urea groups is 1. The molecule has 0 aliphatic heterocycles. The summed E-state index contributed by atoms with van der Waals surface area (Å²) in [6.07, 6.45) is 2.05. The molecule has 0 aliphatic rings. The third-order valence-electron chi connectivity index (χ3n) is 2.76. The number of benzene rings is 1. The van der Waals surface area contributed by atoms with Crippen molar-refractivity contribution in [3.63, 3.8) is 0 Å². The highest BCUT2D eigenvalue weighted by Gasteiger charge is 2.10. The summed E-state index contributed by atoms with van der Waals surface area (Å²) in [5, 5.41) is 2.88. The molecule has 18 heavy (non-hydrogen) atoms. The molecule has 0 fully saturated rings. The molecule has 3 nitrogen and oxygen atoms in total. The largest absolute Gasteiger partial charge is 0.338 e. The van der Waals surface area contributed by atoms with E-state index in [0.29, 0.717) is 19.6 Å². The highest BCUT2D eigenvalue weighted by molar-refractivity contribution is 5.74.